The second-order valence-electron chi connectivity index (χ2n) is 1.62. The zero-order valence-corrected chi connectivity index (χ0v) is 4.09. The third kappa shape index (κ3) is 1.16. The van der Waals surface area contributed by atoms with Gasteiger partial charge < -0.3 is 0 Å². The van der Waals surface area contributed by atoms with Crippen LogP contribution in [0.4, 0.5) is 0 Å². The summed E-state index contributed by atoms with van der Waals surface area (Å²) in [4.78, 5) is 0. The van der Waals surface area contributed by atoms with Crippen molar-refractivity contribution < 1.29 is 0 Å². The largest absolute Gasteiger partial charge is 0.246 e. The lowest BCUT2D eigenvalue weighted by atomic mass is 10.1. The van der Waals surface area contributed by atoms with E-state index in [1.165, 1.54) is 0 Å². The molecule has 1 aliphatic carbocycles. The van der Waals surface area contributed by atoms with Gasteiger partial charge in [-0.1, -0.05) is 24.3 Å². The Labute approximate surface area is 43.5 Å². The molecule has 1 nitrogen and oxygen atoms in total. The molecule has 0 atom stereocenters. The lowest BCUT2D eigenvalue weighted by molar-refractivity contribution is 0.957. The van der Waals surface area contributed by atoms with Crippen molar-refractivity contribution >= 4 is 0 Å². The first-order chi connectivity index (χ1) is 3.39. The van der Waals surface area contributed by atoms with Gasteiger partial charge in [-0.15, -0.1) is 0 Å². The number of rotatable bonds is 0. The molecule has 0 heterocycles. The molecule has 0 aromatic rings. The molecule has 0 saturated carbocycles. The molecular weight excluding hydrogens is 86.1 g/mol. The number of hydrogen-bond acceptors (Lipinski definition) is 0. The normalized spacial score (nSPS) is 20.7. The fourth-order valence-electron chi connectivity index (χ4n) is 0.593. The fraction of sp³-hybridized carbons (Fsp3) is 0.333. The zero-order valence-electron chi connectivity index (χ0n) is 4.09. The van der Waals surface area contributed by atoms with Crippen LogP contribution < -0.4 is 5.73 Å². The van der Waals surface area contributed by atoms with Gasteiger partial charge in [0.25, 0.3) is 0 Å². The van der Waals surface area contributed by atoms with Crippen LogP contribution in [0.15, 0.2) is 24.3 Å². The van der Waals surface area contributed by atoms with Gasteiger partial charge in [0.15, 0.2) is 0 Å². The summed E-state index contributed by atoms with van der Waals surface area (Å²) in [5.74, 6) is 0. The van der Waals surface area contributed by atoms with Gasteiger partial charge in [-0.2, -0.15) is 0 Å². The molecule has 0 fully saturated rings. The molecule has 1 rings (SSSR count). The van der Waals surface area contributed by atoms with Crippen molar-refractivity contribution in [1.29, 1.82) is 0 Å². The maximum atomic E-state index is 7.10. The van der Waals surface area contributed by atoms with E-state index in [2.05, 4.69) is 0 Å². The SMILES string of the molecule is [NH]C1C=CCC=C1. The second-order valence-corrected chi connectivity index (χ2v) is 1.62. The van der Waals surface area contributed by atoms with Crippen molar-refractivity contribution in [3.05, 3.63) is 24.3 Å². The van der Waals surface area contributed by atoms with Gasteiger partial charge in [-0.05, 0) is 6.42 Å². The molecule has 1 N–H and O–H groups in total. The maximum absolute atomic E-state index is 7.10. The number of nitrogens with one attached hydrogen (secondary N) is 1. The first-order valence-electron chi connectivity index (χ1n) is 2.44. The summed E-state index contributed by atoms with van der Waals surface area (Å²) in [5, 5.41) is 0. The van der Waals surface area contributed by atoms with Crippen LogP contribution in [0.1, 0.15) is 6.42 Å². The molecule has 0 aromatic carbocycles. The predicted molar refractivity (Wildman–Crippen MR) is 29.8 cm³/mol. The first-order valence-corrected chi connectivity index (χ1v) is 2.44. The Morgan fingerprint density at radius 2 is 1.86 bits per heavy atom. The van der Waals surface area contributed by atoms with E-state index in [9.17, 15) is 0 Å². The van der Waals surface area contributed by atoms with Crippen molar-refractivity contribution in [2.75, 3.05) is 0 Å². The maximum Gasteiger partial charge on any atom is 0.0574 e. The topological polar surface area (TPSA) is 23.8 Å². The highest BCUT2D eigenvalue weighted by molar-refractivity contribution is 5.11. The lowest BCUT2D eigenvalue weighted by Crippen LogP contribution is -2.00. The Bertz CT molecular complexity index is 90.7. The van der Waals surface area contributed by atoms with Gasteiger partial charge in [-0.3, -0.25) is 0 Å². The molecule has 0 aliphatic heterocycles. The van der Waals surface area contributed by atoms with E-state index in [1.54, 1.807) is 0 Å². The number of hydrogen-bond donors (Lipinski definition) is 0. The van der Waals surface area contributed by atoms with Crippen LogP contribution in [-0.2, 0) is 0 Å². The van der Waals surface area contributed by atoms with E-state index < -0.39 is 0 Å². The van der Waals surface area contributed by atoms with E-state index in [4.69, 9.17) is 5.73 Å². The van der Waals surface area contributed by atoms with Crippen LogP contribution in [0.2, 0.25) is 0 Å². The molecule has 0 amide bonds. The van der Waals surface area contributed by atoms with Crippen LogP contribution in [-0.4, -0.2) is 6.04 Å². The number of allylic oxidation sites excluding steroid dienone is 2. The standard InChI is InChI=1S/C6H8N/c7-6-4-2-1-3-5-6/h2-7H,1H2. The minimum absolute atomic E-state index is 0.0752. The molecule has 7 heavy (non-hydrogen) atoms. The van der Waals surface area contributed by atoms with Crippen LogP contribution in [0.5, 0.6) is 0 Å². The molecule has 1 heteroatoms. The molecular formula is C6H8N. The van der Waals surface area contributed by atoms with Crippen LogP contribution in [0.25, 0.3) is 0 Å². The van der Waals surface area contributed by atoms with Gasteiger partial charge in [0, 0.05) is 0 Å². The summed E-state index contributed by atoms with van der Waals surface area (Å²) in [5.41, 5.74) is 7.10. The van der Waals surface area contributed by atoms with Gasteiger partial charge in [0.2, 0.25) is 0 Å². The average Bonchev–Trinajstić information content (AvgIpc) is 1.69. The molecule has 1 radical (unpaired) electrons. The van der Waals surface area contributed by atoms with Gasteiger partial charge >= 0.3 is 0 Å². The van der Waals surface area contributed by atoms with Crippen LogP contribution in [0.3, 0.4) is 0 Å². The molecule has 0 bridgehead atoms. The molecule has 37 valence electrons. The van der Waals surface area contributed by atoms with Gasteiger partial charge in [0.05, 0.1) is 6.04 Å². The summed E-state index contributed by atoms with van der Waals surface area (Å²) in [7, 11) is 0. The Balaban J connectivity index is 2.49. The molecule has 0 spiro atoms. The van der Waals surface area contributed by atoms with Crippen molar-refractivity contribution in [3.8, 4) is 0 Å². The molecule has 0 saturated heterocycles. The first kappa shape index (κ1) is 4.60. The van der Waals surface area contributed by atoms with Crippen molar-refractivity contribution in [3.63, 3.8) is 0 Å². The van der Waals surface area contributed by atoms with E-state index in [0.29, 0.717) is 0 Å². The van der Waals surface area contributed by atoms with Crippen molar-refractivity contribution in [1.82, 2.24) is 5.73 Å². The quantitative estimate of drug-likeness (QED) is 0.402. The van der Waals surface area contributed by atoms with E-state index in [1.807, 2.05) is 24.3 Å². The monoisotopic (exact) mass is 94.1 g/mol. The Hall–Kier alpha value is -0.560. The van der Waals surface area contributed by atoms with Crippen molar-refractivity contribution in [2.45, 2.75) is 12.5 Å². The Kier molecular flexibility index (Phi) is 1.27. The molecule has 1 aliphatic rings. The summed E-state index contributed by atoms with van der Waals surface area (Å²) >= 11 is 0. The van der Waals surface area contributed by atoms with Crippen LogP contribution >= 0.6 is 0 Å². The highest BCUT2D eigenvalue weighted by Gasteiger charge is 1.91. The highest BCUT2D eigenvalue weighted by atomic mass is 14.6. The average molecular weight is 94.1 g/mol. The predicted octanol–water partition coefficient (Wildman–Crippen LogP) is 1.15. The van der Waals surface area contributed by atoms with Crippen LogP contribution in [0, 0.1) is 0 Å². The Morgan fingerprint density at radius 3 is 2.14 bits per heavy atom. The third-order valence-corrected chi connectivity index (χ3v) is 0.959. The van der Waals surface area contributed by atoms with E-state index in [-0.39, 0.29) is 6.04 Å². The zero-order chi connectivity index (χ0) is 5.11. The minimum Gasteiger partial charge on any atom is -0.246 e. The molecule has 0 aromatic heterocycles. The second kappa shape index (κ2) is 1.94. The fourth-order valence-corrected chi connectivity index (χ4v) is 0.593. The van der Waals surface area contributed by atoms with Gasteiger partial charge in [-0.25, -0.2) is 5.73 Å². The van der Waals surface area contributed by atoms with Gasteiger partial charge in [0.1, 0.15) is 0 Å². The summed E-state index contributed by atoms with van der Waals surface area (Å²) < 4.78 is 0. The van der Waals surface area contributed by atoms with E-state index in [0.717, 1.165) is 6.42 Å². The molecule has 0 unspecified atom stereocenters. The summed E-state index contributed by atoms with van der Waals surface area (Å²) in [6, 6.07) is -0.0752. The smallest absolute Gasteiger partial charge is 0.0574 e. The van der Waals surface area contributed by atoms with Crippen molar-refractivity contribution in [2.24, 2.45) is 0 Å². The Morgan fingerprint density at radius 1 is 1.29 bits per heavy atom. The third-order valence-electron chi connectivity index (χ3n) is 0.959. The highest BCUT2D eigenvalue weighted by Crippen LogP contribution is 1.98. The summed E-state index contributed by atoms with van der Waals surface area (Å²) in [6.07, 6.45) is 8.81. The van der Waals surface area contributed by atoms with E-state index >= 15 is 0 Å². The summed E-state index contributed by atoms with van der Waals surface area (Å²) in [6.45, 7) is 0. The minimum atomic E-state index is -0.0752. The lowest BCUT2D eigenvalue weighted by Gasteiger charge is -1.99.